The third-order valence-corrected chi connectivity index (χ3v) is 3.75. The lowest BCUT2D eigenvalue weighted by Gasteiger charge is -2.31. The average Bonchev–Trinajstić information content (AvgIpc) is 2.55. The summed E-state index contributed by atoms with van der Waals surface area (Å²) in [5.41, 5.74) is 0.550. The molecule has 0 aromatic heterocycles. The lowest BCUT2D eigenvalue weighted by Crippen LogP contribution is -2.42. The van der Waals surface area contributed by atoms with Crippen molar-refractivity contribution in [2.24, 2.45) is 5.92 Å². The molecule has 0 spiro atoms. The first kappa shape index (κ1) is 16.3. The van der Waals surface area contributed by atoms with Crippen molar-refractivity contribution in [3.63, 3.8) is 0 Å². The van der Waals surface area contributed by atoms with Crippen LogP contribution in [0, 0.1) is 5.92 Å². The van der Waals surface area contributed by atoms with Gasteiger partial charge >= 0.3 is 5.97 Å². The third kappa shape index (κ3) is 3.78. The Kier molecular flexibility index (Phi) is 5.81. The second-order valence-electron chi connectivity index (χ2n) is 5.27. The van der Waals surface area contributed by atoms with Gasteiger partial charge in [-0.1, -0.05) is 12.1 Å². The largest absolute Gasteiger partial charge is 0.493 e. The second kappa shape index (κ2) is 7.82. The minimum absolute atomic E-state index is 0.0851. The summed E-state index contributed by atoms with van der Waals surface area (Å²) < 4.78 is 10.6. The van der Waals surface area contributed by atoms with Crippen LogP contribution in [0.1, 0.15) is 37.0 Å². The van der Waals surface area contributed by atoms with Crippen LogP contribution in [0.2, 0.25) is 0 Å². The van der Waals surface area contributed by atoms with Crippen LogP contribution in [0.15, 0.2) is 24.3 Å². The van der Waals surface area contributed by atoms with Gasteiger partial charge in [-0.15, -0.1) is 0 Å². The van der Waals surface area contributed by atoms with Gasteiger partial charge in [0.15, 0.2) is 0 Å². The van der Waals surface area contributed by atoms with E-state index in [2.05, 4.69) is 0 Å². The van der Waals surface area contributed by atoms with Crippen LogP contribution in [0.5, 0.6) is 5.75 Å². The van der Waals surface area contributed by atoms with E-state index in [0.29, 0.717) is 37.6 Å². The van der Waals surface area contributed by atoms with Gasteiger partial charge in [-0.05, 0) is 38.8 Å². The second-order valence-corrected chi connectivity index (χ2v) is 5.27. The molecule has 1 heterocycles. The van der Waals surface area contributed by atoms with Crippen molar-refractivity contribution in [2.75, 3.05) is 26.3 Å². The number of carbonyl (C=O) groups excluding carboxylic acids is 2. The number of hydrogen-bond acceptors (Lipinski definition) is 4. The van der Waals surface area contributed by atoms with Gasteiger partial charge in [-0.2, -0.15) is 0 Å². The maximum Gasteiger partial charge on any atom is 0.310 e. The molecule has 5 heteroatoms. The van der Waals surface area contributed by atoms with Crippen molar-refractivity contribution in [3.05, 3.63) is 29.8 Å². The molecule has 1 aromatic carbocycles. The third-order valence-electron chi connectivity index (χ3n) is 3.75. The number of para-hydroxylation sites is 1. The summed E-state index contributed by atoms with van der Waals surface area (Å²) in [6.07, 6.45) is 1.59. The highest BCUT2D eigenvalue weighted by atomic mass is 16.5. The maximum absolute atomic E-state index is 12.7. The molecule has 1 aliphatic heterocycles. The topological polar surface area (TPSA) is 55.8 Å². The number of ether oxygens (including phenoxy) is 2. The lowest BCUT2D eigenvalue weighted by molar-refractivity contribution is -0.149. The van der Waals surface area contributed by atoms with Crippen LogP contribution >= 0.6 is 0 Å². The average molecular weight is 305 g/mol. The van der Waals surface area contributed by atoms with E-state index in [4.69, 9.17) is 9.47 Å². The molecule has 0 bridgehead atoms. The van der Waals surface area contributed by atoms with Gasteiger partial charge < -0.3 is 14.4 Å². The highest BCUT2D eigenvalue weighted by molar-refractivity contribution is 5.97. The number of nitrogens with zero attached hydrogens (tertiary/aromatic N) is 1. The highest BCUT2D eigenvalue weighted by Gasteiger charge is 2.30. The fraction of sp³-hybridized carbons (Fsp3) is 0.529. The van der Waals surface area contributed by atoms with Gasteiger partial charge in [-0.3, -0.25) is 9.59 Å². The Morgan fingerprint density at radius 1 is 1.23 bits per heavy atom. The minimum atomic E-state index is -0.225. The van der Waals surface area contributed by atoms with Gasteiger partial charge in [0, 0.05) is 13.1 Å². The molecule has 2 rings (SSSR count). The van der Waals surface area contributed by atoms with Crippen molar-refractivity contribution in [1.29, 1.82) is 0 Å². The zero-order valence-corrected chi connectivity index (χ0v) is 13.2. The smallest absolute Gasteiger partial charge is 0.310 e. The van der Waals surface area contributed by atoms with E-state index >= 15 is 0 Å². The quantitative estimate of drug-likeness (QED) is 0.784. The SMILES string of the molecule is CCOC(=O)[C@@H]1CCCN(C(=O)c2ccccc2OCC)C1. The molecule has 1 aromatic rings. The van der Waals surface area contributed by atoms with Gasteiger partial charge in [0.2, 0.25) is 0 Å². The molecule has 1 amide bonds. The summed E-state index contributed by atoms with van der Waals surface area (Å²) in [5, 5.41) is 0. The summed E-state index contributed by atoms with van der Waals surface area (Å²) in [7, 11) is 0. The highest BCUT2D eigenvalue weighted by Crippen LogP contribution is 2.24. The molecule has 1 atom stereocenters. The minimum Gasteiger partial charge on any atom is -0.493 e. The molecule has 0 aliphatic carbocycles. The Bertz CT molecular complexity index is 529. The number of esters is 1. The van der Waals surface area contributed by atoms with E-state index in [1.807, 2.05) is 19.1 Å². The van der Waals surface area contributed by atoms with E-state index in [1.165, 1.54) is 0 Å². The van der Waals surface area contributed by atoms with E-state index in [-0.39, 0.29) is 17.8 Å². The van der Waals surface area contributed by atoms with E-state index < -0.39 is 0 Å². The Hall–Kier alpha value is -2.04. The van der Waals surface area contributed by atoms with Crippen molar-refractivity contribution < 1.29 is 19.1 Å². The van der Waals surface area contributed by atoms with Crippen molar-refractivity contribution in [1.82, 2.24) is 4.90 Å². The predicted octanol–water partition coefficient (Wildman–Crippen LogP) is 2.50. The van der Waals surface area contributed by atoms with Gasteiger partial charge in [0.05, 0.1) is 24.7 Å². The van der Waals surface area contributed by atoms with E-state index in [0.717, 1.165) is 12.8 Å². The summed E-state index contributed by atoms with van der Waals surface area (Å²) in [5.74, 6) is 0.0707. The summed E-state index contributed by atoms with van der Waals surface area (Å²) >= 11 is 0. The summed E-state index contributed by atoms with van der Waals surface area (Å²) in [6, 6.07) is 7.23. The van der Waals surface area contributed by atoms with Crippen LogP contribution in [-0.4, -0.2) is 43.1 Å². The van der Waals surface area contributed by atoms with E-state index in [9.17, 15) is 9.59 Å². The molecule has 120 valence electrons. The molecule has 1 aliphatic rings. The van der Waals surface area contributed by atoms with Gasteiger partial charge in [0.1, 0.15) is 5.75 Å². The van der Waals surface area contributed by atoms with Gasteiger partial charge in [0.25, 0.3) is 5.91 Å². The summed E-state index contributed by atoms with van der Waals surface area (Å²) in [4.78, 5) is 26.3. The van der Waals surface area contributed by atoms with Crippen LogP contribution in [0.3, 0.4) is 0 Å². The maximum atomic E-state index is 12.7. The van der Waals surface area contributed by atoms with Crippen molar-refractivity contribution in [2.45, 2.75) is 26.7 Å². The standard InChI is InChI=1S/C17H23NO4/c1-3-21-15-10-6-5-9-14(15)16(19)18-11-7-8-13(12-18)17(20)22-4-2/h5-6,9-10,13H,3-4,7-8,11-12H2,1-2H3/t13-/m1/s1. The van der Waals surface area contributed by atoms with Crippen molar-refractivity contribution >= 4 is 11.9 Å². The number of likely N-dealkylation sites (tertiary alicyclic amines) is 1. The first-order valence-electron chi connectivity index (χ1n) is 7.85. The Morgan fingerprint density at radius 2 is 2.00 bits per heavy atom. The molecular formula is C17H23NO4. The molecular weight excluding hydrogens is 282 g/mol. The zero-order valence-electron chi connectivity index (χ0n) is 13.2. The van der Waals surface area contributed by atoms with Crippen LogP contribution in [0.4, 0.5) is 0 Å². The van der Waals surface area contributed by atoms with Crippen molar-refractivity contribution in [3.8, 4) is 5.75 Å². The molecule has 0 radical (unpaired) electrons. The Morgan fingerprint density at radius 3 is 2.73 bits per heavy atom. The molecule has 0 N–H and O–H groups in total. The number of amides is 1. The Balaban J connectivity index is 2.10. The number of benzene rings is 1. The first-order chi connectivity index (χ1) is 10.7. The fourth-order valence-electron chi connectivity index (χ4n) is 2.71. The molecule has 22 heavy (non-hydrogen) atoms. The number of piperidine rings is 1. The molecule has 0 saturated carbocycles. The van der Waals surface area contributed by atoms with Gasteiger partial charge in [-0.25, -0.2) is 0 Å². The molecule has 5 nitrogen and oxygen atoms in total. The molecule has 1 fully saturated rings. The summed E-state index contributed by atoms with van der Waals surface area (Å²) in [6.45, 7) is 5.64. The van der Waals surface area contributed by atoms with E-state index in [1.54, 1.807) is 24.0 Å². The predicted molar refractivity (Wildman–Crippen MR) is 82.9 cm³/mol. The number of carbonyl (C=O) groups is 2. The number of hydrogen-bond donors (Lipinski definition) is 0. The number of rotatable bonds is 5. The monoisotopic (exact) mass is 305 g/mol. The fourth-order valence-corrected chi connectivity index (χ4v) is 2.71. The van der Waals surface area contributed by atoms with Crippen LogP contribution in [-0.2, 0) is 9.53 Å². The lowest BCUT2D eigenvalue weighted by atomic mass is 9.97. The molecule has 1 saturated heterocycles. The first-order valence-corrected chi connectivity index (χ1v) is 7.85. The normalized spacial score (nSPS) is 17.9. The van der Waals surface area contributed by atoms with Crippen LogP contribution in [0.25, 0.3) is 0 Å². The van der Waals surface area contributed by atoms with Crippen LogP contribution < -0.4 is 4.74 Å². The Labute approximate surface area is 131 Å². The molecule has 0 unspecified atom stereocenters. The zero-order chi connectivity index (χ0) is 15.9.